The molecule has 108 valence electrons. The average Bonchev–Trinajstić information content (AvgIpc) is 2.48. The Morgan fingerprint density at radius 2 is 1.76 bits per heavy atom. The van der Waals surface area contributed by atoms with Gasteiger partial charge >= 0.3 is 11.7 Å². The lowest BCUT2D eigenvalue weighted by molar-refractivity contribution is -0.385. The molecule has 0 radical (unpaired) electrons. The fourth-order valence-electron chi connectivity index (χ4n) is 1.65. The van der Waals surface area contributed by atoms with Crippen LogP contribution in [0.15, 0.2) is 42.5 Å². The fraction of sp³-hybridized carbons (Fsp3) is 0.0714. The molecule has 7 heteroatoms. The zero-order valence-corrected chi connectivity index (χ0v) is 11.0. The Bertz CT molecular complexity index is 680. The van der Waals surface area contributed by atoms with Crippen LogP contribution in [0.5, 0.6) is 17.2 Å². The van der Waals surface area contributed by atoms with E-state index >= 15 is 0 Å². The van der Waals surface area contributed by atoms with Crippen LogP contribution in [0.4, 0.5) is 5.69 Å². The van der Waals surface area contributed by atoms with Crippen molar-refractivity contribution in [3.63, 3.8) is 0 Å². The van der Waals surface area contributed by atoms with Crippen molar-refractivity contribution in [2.45, 2.75) is 0 Å². The third-order valence-corrected chi connectivity index (χ3v) is 2.69. The predicted octanol–water partition coefficient (Wildman–Crippen LogP) is 3.09. The smallest absolute Gasteiger partial charge is 0.335 e. The molecule has 0 amide bonds. The van der Waals surface area contributed by atoms with Gasteiger partial charge in [0.05, 0.1) is 23.7 Å². The van der Waals surface area contributed by atoms with E-state index in [0.717, 1.165) is 0 Å². The Morgan fingerprint density at radius 3 is 2.29 bits per heavy atom. The van der Waals surface area contributed by atoms with Crippen LogP contribution >= 0.6 is 0 Å². The van der Waals surface area contributed by atoms with Crippen molar-refractivity contribution in [2.75, 3.05) is 7.11 Å². The molecular formula is C14H11NO6. The maximum Gasteiger partial charge on any atom is 0.335 e. The summed E-state index contributed by atoms with van der Waals surface area (Å²) in [5.74, 6) is -0.371. The second-order valence-electron chi connectivity index (χ2n) is 4.02. The van der Waals surface area contributed by atoms with E-state index in [0.29, 0.717) is 11.5 Å². The minimum absolute atomic E-state index is 0.0453. The van der Waals surface area contributed by atoms with E-state index < -0.39 is 10.9 Å². The van der Waals surface area contributed by atoms with Crippen molar-refractivity contribution in [1.29, 1.82) is 0 Å². The van der Waals surface area contributed by atoms with Gasteiger partial charge in [-0.05, 0) is 36.4 Å². The molecule has 1 N–H and O–H groups in total. The summed E-state index contributed by atoms with van der Waals surface area (Å²) in [4.78, 5) is 21.2. The highest BCUT2D eigenvalue weighted by Crippen LogP contribution is 2.34. The van der Waals surface area contributed by atoms with E-state index in [1.54, 1.807) is 0 Å². The SMILES string of the molecule is COc1ccc(Oc2ccc(C(=O)O)cc2)c([N+](=O)[O-])c1. The van der Waals surface area contributed by atoms with E-state index in [9.17, 15) is 14.9 Å². The van der Waals surface area contributed by atoms with E-state index in [-0.39, 0.29) is 17.0 Å². The number of hydrogen-bond acceptors (Lipinski definition) is 5. The van der Waals surface area contributed by atoms with Crippen molar-refractivity contribution in [2.24, 2.45) is 0 Å². The number of benzene rings is 2. The quantitative estimate of drug-likeness (QED) is 0.670. The summed E-state index contributed by atoms with van der Waals surface area (Å²) in [7, 11) is 1.41. The average molecular weight is 289 g/mol. The van der Waals surface area contributed by atoms with Crippen molar-refractivity contribution < 1.29 is 24.3 Å². The van der Waals surface area contributed by atoms with Crippen LogP contribution in [-0.2, 0) is 0 Å². The minimum Gasteiger partial charge on any atom is -0.496 e. The van der Waals surface area contributed by atoms with Crippen molar-refractivity contribution in [3.8, 4) is 17.2 Å². The molecule has 2 aromatic carbocycles. The van der Waals surface area contributed by atoms with Gasteiger partial charge in [-0.1, -0.05) is 0 Å². The monoisotopic (exact) mass is 289 g/mol. The number of nitro benzene ring substituents is 1. The van der Waals surface area contributed by atoms with Gasteiger partial charge in [-0.15, -0.1) is 0 Å². The summed E-state index contributed by atoms with van der Waals surface area (Å²) < 4.78 is 10.3. The third kappa shape index (κ3) is 3.27. The van der Waals surface area contributed by atoms with Gasteiger partial charge < -0.3 is 14.6 Å². The van der Waals surface area contributed by atoms with Gasteiger partial charge in [0.15, 0.2) is 0 Å². The Balaban J connectivity index is 2.30. The lowest BCUT2D eigenvalue weighted by atomic mass is 10.2. The number of carbonyl (C=O) groups is 1. The number of aromatic carboxylic acids is 1. The van der Waals surface area contributed by atoms with Crippen LogP contribution < -0.4 is 9.47 Å². The lowest BCUT2D eigenvalue weighted by Gasteiger charge is -2.07. The molecule has 0 heterocycles. The largest absolute Gasteiger partial charge is 0.496 e. The van der Waals surface area contributed by atoms with Gasteiger partial charge in [0.1, 0.15) is 11.5 Å². The van der Waals surface area contributed by atoms with Crippen molar-refractivity contribution >= 4 is 11.7 Å². The van der Waals surface area contributed by atoms with Gasteiger partial charge in [-0.2, -0.15) is 0 Å². The van der Waals surface area contributed by atoms with Crippen LogP contribution in [0.2, 0.25) is 0 Å². The summed E-state index contributed by atoms with van der Waals surface area (Å²) in [5.41, 5.74) is -0.136. The van der Waals surface area contributed by atoms with Crippen LogP contribution in [0.25, 0.3) is 0 Å². The molecule has 0 saturated carbocycles. The normalized spacial score (nSPS) is 9.95. The first-order chi connectivity index (χ1) is 10.0. The molecule has 0 bridgehead atoms. The summed E-state index contributed by atoms with van der Waals surface area (Å²) in [5, 5.41) is 19.8. The number of nitro groups is 1. The number of ether oxygens (including phenoxy) is 2. The number of methoxy groups -OCH3 is 1. The molecular weight excluding hydrogens is 278 g/mol. The van der Waals surface area contributed by atoms with Gasteiger partial charge in [-0.3, -0.25) is 10.1 Å². The first-order valence-electron chi connectivity index (χ1n) is 5.85. The molecule has 0 unspecified atom stereocenters. The Kier molecular flexibility index (Phi) is 4.03. The molecule has 2 aromatic rings. The van der Waals surface area contributed by atoms with Gasteiger partial charge in [-0.25, -0.2) is 4.79 Å². The number of nitrogens with zero attached hydrogens (tertiary/aromatic N) is 1. The van der Waals surface area contributed by atoms with Crippen molar-refractivity contribution in [3.05, 3.63) is 58.1 Å². The molecule has 7 nitrogen and oxygen atoms in total. The zero-order valence-electron chi connectivity index (χ0n) is 11.0. The highest BCUT2D eigenvalue weighted by Gasteiger charge is 2.17. The highest BCUT2D eigenvalue weighted by atomic mass is 16.6. The third-order valence-electron chi connectivity index (χ3n) is 2.69. The molecule has 0 aliphatic carbocycles. The van der Waals surface area contributed by atoms with E-state index in [4.69, 9.17) is 14.6 Å². The summed E-state index contributed by atoms with van der Waals surface area (Å²) >= 11 is 0. The lowest BCUT2D eigenvalue weighted by Crippen LogP contribution is -1.97. The molecule has 0 saturated heterocycles. The Hall–Kier alpha value is -3.09. The van der Waals surface area contributed by atoms with Crippen LogP contribution in [0.3, 0.4) is 0 Å². The van der Waals surface area contributed by atoms with Crippen LogP contribution in [-0.4, -0.2) is 23.1 Å². The van der Waals surface area contributed by atoms with Gasteiger partial charge in [0, 0.05) is 0 Å². The second-order valence-corrected chi connectivity index (χ2v) is 4.02. The molecule has 0 aromatic heterocycles. The number of carboxylic acids is 1. The van der Waals surface area contributed by atoms with Gasteiger partial charge in [0.25, 0.3) is 0 Å². The summed E-state index contributed by atoms with van der Waals surface area (Å²) in [6.45, 7) is 0. The number of hydrogen-bond donors (Lipinski definition) is 1. The number of carboxylic acid groups (broad SMARTS) is 1. The highest BCUT2D eigenvalue weighted by molar-refractivity contribution is 5.87. The molecule has 0 spiro atoms. The molecule has 0 aliphatic heterocycles. The maximum atomic E-state index is 11.0. The van der Waals surface area contributed by atoms with Gasteiger partial charge in [0.2, 0.25) is 5.75 Å². The topological polar surface area (TPSA) is 98.9 Å². The van der Waals surface area contributed by atoms with Crippen molar-refractivity contribution in [1.82, 2.24) is 0 Å². The molecule has 0 atom stereocenters. The fourth-order valence-corrected chi connectivity index (χ4v) is 1.65. The minimum atomic E-state index is -1.06. The predicted molar refractivity (Wildman–Crippen MR) is 73.1 cm³/mol. The first kappa shape index (κ1) is 14.3. The van der Waals surface area contributed by atoms with E-state index in [1.165, 1.54) is 49.6 Å². The van der Waals surface area contributed by atoms with Crippen LogP contribution in [0, 0.1) is 10.1 Å². The van der Waals surface area contributed by atoms with Crippen LogP contribution in [0.1, 0.15) is 10.4 Å². The molecule has 2 rings (SSSR count). The zero-order chi connectivity index (χ0) is 15.4. The second kappa shape index (κ2) is 5.91. The van der Waals surface area contributed by atoms with E-state index in [2.05, 4.69) is 0 Å². The summed E-state index contributed by atoms with van der Waals surface area (Å²) in [6, 6.07) is 9.77. The molecule has 21 heavy (non-hydrogen) atoms. The standard InChI is InChI=1S/C14H11NO6/c1-20-11-6-7-13(12(8-11)15(18)19)21-10-4-2-9(3-5-10)14(16)17/h2-8H,1H3,(H,16,17). The Morgan fingerprint density at radius 1 is 1.14 bits per heavy atom. The van der Waals surface area contributed by atoms with E-state index in [1.807, 2.05) is 0 Å². The number of rotatable bonds is 5. The molecule has 0 aliphatic rings. The Labute approximate surface area is 119 Å². The maximum absolute atomic E-state index is 11.0. The molecule has 0 fully saturated rings. The summed E-state index contributed by atoms with van der Waals surface area (Å²) in [6.07, 6.45) is 0. The first-order valence-corrected chi connectivity index (χ1v) is 5.85.